The number of carbonyl (C=O) groups is 1. The molecule has 0 saturated heterocycles. The minimum atomic E-state index is 0.0488. The van der Waals surface area contributed by atoms with E-state index in [1.54, 1.807) is 0 Å². The van der Waals surface area contributed by atoms with Gasteiger partial charge in [-0.25, -0.2) is 0 Å². The summed E-state index contributed by atoms with van der Waals surface area (Å²) in [4.78, 5) is 14.6. The van der Waals surface area contributed by atoms with Gasteiger partial charge in [-0.15, -0.1) is 0 Å². The second kappa shape index (κ2) is 5.96. The van der Waals surface area contributed by atoms with E-state index in [9.17, 15) is 9.90 Å². The summed E-state index contributed by atoms with van der Waals surface area (Å²) in [6.07, 6.45) is 8.00. The van der Waals surface area contributed by atoms with Crippen molar-refractivity contribution >= 4 is 5.91 Å². The van der Waals surface area contributed by atoms with E-state index in [-0.39, 0.29) is 12.5 Å². The number of hydrogen-bond donors (Lipinski definition) is 1. The van der Waals surface area contributed by atoms with Crippen LogP contribution in [-0.4, -0.2) is 35.1 Å². The molecule has 1 saturated carbocycles. The number of aryl methyl sites for hydroxylation is 2. The van der Waals surface area contributed by atoms with Crippen LogP contribution in [0, 0.1) is 0 Å². The zero-order valence-electron chi connectivity index (χ0n) is 12.0. The largest absolute Gasteiger partial charge is 0.395 e. The predicted octanol–water partition coefficient (Wildman–Crippen LogP) is 2.55. The standard InChI is InChI=1S/C17H23NO2/c19-11-10-18(16-6-1-2-7-16)17(20)15-9-8-13-4-3-5-14(13)12-15/h8-9,12,16,19H,1-7,10-11H2. The highest BCUT2D eigenvalue weighted by molar-refractivity contribution is 5.94. The molecule has 0 radical (unpaired) electrons. The monoisotopic (exact) mass is 273 g/mol. The van der Waals surface area contributed by atoms with Crippen molar-refractivity contribution in [2.45, 2.75) is 51.0 Å². The van der Waals surface area contributed by atoms with Gasteiger partial charge in [0, 0.05) is 18.2 Å². The maximum atomic E-state index is 12.7. The van der Waals surface area contributed by atoms with Crippen molar-refractivity contribution in [1.82, 2.24) is 4.90 Å². The Labute approximate surface area is 120 Å². The molecule has 1 aromatic rings. The molecule has 108 valence electrons. The third-order valence-electron chi connectivity index (χ3n) is 4.71. The predicted molar refractivity (Wildman–Crippen MR) is 78.8 cm³/mol. The van der Waals surface area contributed by atoms with Gasteiger partial charge in [0.25, 0.3) is 5.91 Å². The van der Waals surface area contributed by atoms with Crippen LogP contribution in [0.4, 0.5) is 0 Å². The van der Waals surface area contributed by atoms with Gasteiger partial charge in [-0.2, -0.15) is 0 Å². The first-order valence-electron chi connectivity index (χ1n) is 7.83. The van der Waals surface area contributed by atoms with Crippen molar-refractivity contribution < 1.29 is 9.90 Å². The Morgan fingerprint density at radius 1 is 1.15 bits per heavy atom. The van der Waals surface area contributed by atoms with E-state index in [4.69, 9.17) is 0 Å². The zero-order valence-corrected chi connectivity index (χ0v) is 12.0. The molecule has 0 atom stereocenters. The number of fused-ring (bicyclic) bond motifs is 1. The second-order valence-electron chi connectivity index (χ2n) is 6.00. The summed E-state index contributed by atoms with van der Waals surface area (Å²) in [5.41, 5.74) is 3.54. The number of rotatable bonds is 4. The van der Waals surface area contributed by atoms with Crippen molar-refractivity contribution in [3.8, 4) is 0 Å². The zero-order chi connectivity index (χ0) is 13.9. The number of aliphatic hydroxyl groups excluding tert-OH is 1. The van der Waals surface area contributed by atoms with Crippen molar-refractivity contribution in [3.05, 3.63) is 34.9 Å². The Morgan fingerprint density at radius 3 is 2.65 bits per heavy atom. The van der Waals surface area contributed by atoms with Crippen LogP contribution >= 0.6 is 0 Å². The van der Waals surface area contributed by atoms with Crippen LogP contribution in [0.3, 0.4) is 0 Å². The lowest BCUT2D eigenvalue weighted by atomic mass is 10.0. The number of nitrogens with zero attached hydrogens (tertiary/aromatic N) is 1. The van der Waals surface area contributed by atoms with E-state index >= 15 is 0 Å². The lowest BCUT2D eigenvalue weighted by molar-refractivity contribution is 0.0638. The third-order valence-corrected chi connectivity index (χ3v) is 4.71. The average molecular weight is 273 g/mol. The van der Waals surface area contributed by atoms with Crippen LogP contribution < -0.4 is 0 Å². The summed E-state index contributed by atoms with van der Waals surface area (Å²) in [5, 5.41) is 9.25. The van der Waals surface area contributed by atoms with E-state index in [1.165, 1.54) is 30.4 Å². The molecule has 0 aliphatic heterocycles. The van der Waals surface area contributed by atoms with Gasteiger partial charge in [0.15, 0.2) is 0 Å². The van der Waals surface area contributed by atoms with Crippen LogP contribution in [-0.2, 0) is 12.8 Å². The summed E-state index contributed by atoms with van der Waals surface area (Å²) in [6.45, 7) is 0.508. The highest BCUT2D eigenvalue weighted by atomic mass is 16.3. The van der Waals surface area contributed by atoms with Gasteiger partial charge in [0.1, 0.15) is 0 Å². The maximum Gasteiger partial charge on any atom is 0.254 e. The van der Waals surface area contributed by atoms with Crippen molar-refractivity contribution in [1.29, 1.82) is 0 Å². The van der Waals surface area contributed by atoms with Crippen LogP contribution in [0.1, 0.15) is 53.6 Å². The number of carbonyl (C=O) groups excluding carboxylic acids is 1. The van der Waals surface area contributed by atoms with Crippen molar-refractivity contribution in [2.75, 3.05) is 13.2 Å². The minimum Gasteiger partial charge on any atom is -0.395 e. The normalized spacial score (nSPS) is 18.2. The molecule has 1 N–H and O–H groups in total. The lowest BCUT2D eigenvalue weighted by Crippen LogP contribution is -2.40. The van der Waals surface area contributed by atoms with Crippen LogP contribution in [0.5, 0.6) is 0 Å². The van der Waals surface area contributed by atoms with E-state index in [0.29, 0.717) is 12.6 Å². The second-order valence-corrected chi connectivity index (χ2v) is 6.00. The molecule has 0 bridgehead atoms. The molecule has 1 fully saturated rings. The summed E-state index contributed by atoms with van der Waals surface area (Å²) in [5.74, 6) is 0.0978. The Hall–Kier alpha value is -1.35. The highest BCUT2D eigenvalue weighted by Crippen LogP contribution is 2.27. The van der Waals surface area contributed by atoms with Crippen molar-refractivity contribution in [3.63, 3.8) is 0 Å². The number of benzene rings is 1. The van der Waals surface area contributed by atoms with E-state index in [2.05, 4.69) is 12.1 Å². The van der Waals surface area contributed by atoms with E-state index in [1.807, 2.05) is 11.0 Å². The highest BCUT2D eigenvalue weighted by Gasteiger charge is 2.27. The Kier molecular flexibility index (Phi) is 4.06. The Balaban J connectivity index is 1.81. The van der Waals surface area contributed by atoms with Gasteiger partial charge >= 0.3 is 0 Å². The molecular weight excluding hydrogens is 250 g/mol. The molecule has 0 heterocycles. The van der Waals surface area contributed by atoms with Crippen molar-refractivity contribution in [2.24, 2.45) is 0 Å². The topological polar surface area (TPSA) is 40.5 Å². The molecule has 3 heteroatoms. The quantitative estimate of drug-likeness (QED) is 0.916. The molecule has 3 nitrogen and oxygen atoms in total. The molecule has 0 unspecified atom stereocenters. The summed E-state index contributed by atoms with van der Waals surface area (Å²) in [7, 11) is 0. The van der Waals surface area contributed by atoms with E-state index < -0.39 is 0 Å². The lowest BCUT2D eigenvalue weighted by Gasteiger charge is -2.28. The molecular formula is C17H23NO2. The first kappa shape index (κ1) is 13.6. The van der Waals surface area contributed by atoms with Gasteiger partial charge in [0.2, 0.25) is 0 Å². The minimum absolute atomic E-state index is 0.0488. The molecule has 20 heavy (non-hydrogen) atoms. The smallest absolute Gasteiger partial charge is 0.254 e. The van der Waals surface area contributed by atoms with Gasteiger partial charge in [-0.05, 0) is 55.4 Å². The maximum absolute atomic E-state index is 12.7. The summed E-state index contributed by atoms with van der Waals surface area (Å²) in [6, 6.07) is 6.47. The Morgan fingerprint density at radius 2 is 1.90 bits per heavy atom. The van der Waals surface area contributed by atoms with Gasteiger partial charge < -0.3 is 10.0 Å². The van der Waals surface area contributed by atoms with Crippen LogP contribution in [0.25, 0.3) is 0 Å². The number of hydrogen-bond acceptors (Lipinski definition) is 2. The SMILES string of the molecule is O=C(c1ccc2c(c1)CCC2)N(CCO)C1CCCC1. The molecule has 2 aliphatic rings. The molecule has 0 aromatic heterocycles. The average Bonchev–Trinajstić information content (AvgIpc) is 3.13. The molecule has 1 aromatic carbocycles. The number of amides is 1. The Bertz CT molecular complexity index is 492. The third kappa shape index (κ3) is 2.59. The molecule has 1 amide bonds. The summed E-state index contributed by atoms with van der Waals surface area (Å²) >= 11 is 0. The van der Waals surface area contributed by atoms with Gasteiger partial charge in [0.05, 0.1) is 6.61 Å². The fourth-order valence-electron chi connectivity index (χ4n) is 3.64. The fourth-order valence-corrected chi connectivity index (χ4v) is 3.64. The first-order chi connectivity index (χ1) is 9.79. The fraction of sp³-hybridized carbons (Fsp3) is 0.588. The van der Waals surface area contributed by atoms with Crippen LogP contribution in [0.2, 0.25) is 0 Å². The molecule has 3 rings (SSSR count). The van der Waals surface area contributed by atoms with Gasteiger partial charge in [-0.3, -0.25) is 4.79 Å². The molecule has 2 aliphatic carbocycles. The van der Waals surface area contributed by atoms with Crippen LogP contribution in [0.15, 0.2) is 18.2 Å². The summed E-state index contributed by atoms with van der Waals surface area (Å²) < 4.78 is 0. The van der Waals surface area contributed by atoms with Gasteiger partial charge in [-0.1, -0.05) is 18.9 Å². The van der Waals surface area contributed by atoms with E-state index in [0.717, 1.165) is 31.2 Å². The number of aliphatic hydroxyl groups is 1. The molecule has 0 spiro atoms. The first-order valence-corrected chi connectivity index (χ1v) is 7.83.